The Hall–Kier alpha value is -5.57. The number of imidazole rings is 1. The summed E-state index contributed by atoms with van der Waals surface area (Å²) in [5, 5.41) is 11.4. The average Bonchev–Trinajstić information content (AvgIpc) is 3.63. The first-order chi connectivity index (χ1) is 29.6. The largest absolute Gasteiger partial charge is 0.507 e. The number of aromatic hydroxyl groups is 1. The zero-order chi connectivity index (χ0) is 45.3. The van der Waals surface area contributed by atoms with E-state index in [-0.39, 0.29) is 55.3 Å². The third kappa shape index (κ3) is 7.83. The van der Waals surface area contributed by atoms with Crippen LogP contribution in [0.4, 0.5) is 0 Å². The van der Waals surface area contributed by atoms with Gasteiger partial charge in [0.05, 0.1) is 23.5 Å². The van der Waals surface area contributed by atoms with E-state index >= 15 is 0 Å². The summed E-state index contributed by atoms with van der Waals surface area (Å²) < 4.78 is 53.4. The summed E-state index contributed by atoms with van der Waals surface area (Å²) in [6.45, 7) is 16.8. The normalized spacial score (nSPS) is 13.5. The van der Waals surface area contributed by atoms with Crippen molar-refractivity contribution >= 4 is 11.0 Å². The maximum atomic E-state index is 11.4. The van der Waals surface area contributed by atoms with Crippen molar-refractivity contribution in [2.24, 2.45) is 0 Å². The summed E-state index contributed by atoms with van der Waals surface area (Å²) in [6, 6.07) is 37.2. The molecule has 58 heavy (non-hydrogen) atoms. The van der Waals surface area contributed by atoms with Gasteiger partial charge < -0.3 is 5.11 Å². The standard InChI is InChI=1S/C53H50N3O.Pt/c1-34(2)45-33-40(25-26-42(45)43-19-12-14-22-46(43)53(6,7)8)56-48-23-16-21-41(50(48)55-51(56)44-20-13-15-24-49(44)57)37-29-38(31-39(30-37)52(3,4)5)47-32-36(27-28-54-47)35-17-10-9-11-18-35;/h9-28,30-34,57H,1-8H3;/q-1;/i9D,10D,11D,17D,18D,34D;. The second-order valence-corrected chi connectivity index (χ2v) is 16.9. The van der Waals surface area contributed by atoms with Gasteiger partial charge in [0.25, 0.3) is 0 Å². The summed E-state index contributed by atoms with van der Waals surface area (Å²) in [5.41, 5.74) is 10.8. The van der Waals surface area contributed by atoms with Gasteiger partial charge in [0.15, 0.2) is 0 Å². The van der Waals surface area contributed by atoms with E-state index in [1.165, 1.54) is 5.56 Å². The van der Waals surface area contributed by atoms with Crippen LogP contribution in [0.3, 0.4) is 0 Å². The van der Waals surface area contributed by atoms with Crippen molar-refractivity contribution in [3.8, 4) is 67.5 Å². The average molecular weight is 946 g/mol. The molecule has 294 valence electrons. The fourth-order valence-corrected chi connectivity index (χ4v) is 7.53. The summed E-state index contributed by atoms with van der Waals surface area (Å²) in [4.78, 5) is 10.0. The fraction of sp³-hybridized carbons (Fsp3) is 0.208. The minimum Gasteiger partial charge on any atom is -0.507 e. The number of hydrogen-bond acceptors (Lipinski definition) is 3. The Balaban J connectivity index is 0.00000612. The van der Waals surface area contributed by atoms with Crippen LogP contribution in [0.25, 0.3) is 72.7 Å². The number of nitrogens with zero attached hydrogens (tertiary/aromatic N) is 3. The number of aromatic nitrogens is 3. The molecule has 0 atom stereocenters. The predicted octanol–water partition coefficient (Wildman–Crippen LogP) is 14.0. The van der Waals surface area contributed by atoms with Crippen LogP contribution in [0, 0.1) is 6.07 Å². The van der Waals surface area contributed by atoms with Gasteiger partial charge in [-0.15, -0.1) is 29.3 Å². The SMILES string of the molecule is [2H]c1c([2H])c([2H])c(-c2ccnc(-c3[c-]c(-c4cccc5c4nc(-c4ccccc4O)n5-c4ccc(-c5ccccc5C(C)(C)C)c(C([2H])(C)C)c4)cc(C(C)(C)C)c3)c2)c([2H])c1[2H].[Pt]. The van der Waals surface area contributed by atoms with Crippen LogP contribution in [-0.4, -0.2) is 19.6 Å². The number of pyridine rings is 1. The number of para-hydroxylation sites is 2. The number of phenols is 1. The molecule has 0 radical (unpaired) electrons. The fourth-order valence-electron chi connectivity index (χ4n) is 7.53. The van der Waals surface area contributed by atoms with Crippen LogP contribution in [0.5, 0.6) is 5.75 Å². The van der Waals surface area contributed by atoms with Crippen LogP contribution < -0.4 is 0 Å². The van der Waals surface area contributed by atoms with E-state index in [2.05, 4.69) is 94.6 Å². The number of hydrogen-bond donors (Lipinski definition) is 1. The van der Waals surface area contributed by atoms with E-state index in [9.17, 15) is 6.48 Å². The van der Waals surface area contributed by atoms with Crippen molar-refractivity contribution in [1.82, 2.24) is 14.5 Å². The van der Waals surface area contributed by atoms with Gasteiger partial charge >= 0.3 is 0 Å². The van der Waals surface area contributed by atoms with Gasteiger partial charge in [-0.25, -0.2) is 4.98 Å². The third-order valence-corrected chi connectivity index (χ3v) is 10.5. The Kier molecular flexibility index (Phi) is 9.21. The number of phenolic OH excluding ortho intramolecular Hbond substituents is 1. The Morgan fingerprint density at radius 3 is 2.09 bits per heavy atom. The van der Waals surface area contributed by atoms with E-state index in [4.69, 9.17) is 16.8 Å². The topological polar surface area (TPSA) is 50.9 Å². The molecule has 0 bridgehead atoms. The molecule has 0 amide bonds. The molecule has 0 spiro atoms. The van der Waals surface area contributed by atoms with Crippen molar-refractivity contribution < 1.29 is 34.4 Å². The molecule has 0 aliphatic heterocycles. The van der Waals surface area contributed by atoms with Crippen molar-refractivity contribution in [2.75, 3.05) is 0 Å². The molecule has 4 nitrogen and oxygen atoms in total. The molecule has 0 fully saturated rings. The molecule has 0 unspecified atom stereocenters. The molecule has 0 aliphatic carbocycles. The molecule has 0 saturated carbocycles. The van der Waals surface area contributed by atoms with E-state index in [0.717, 1.165) is 44.6 Å². The number of fused-ring (bicyclic) bond motifs is 1. The molecule has 0 aliphatic rings. The van der Waals surface area contributed by atoms with Crippen LogP contribution in [0.2, 0.25) is 0 Å². The monoisotopic (exact) mass is 945 g/mol. The molecule has 0 saturated heterocycles. The smallest absolute Gasteiger partial charge is 0.148 e. The summed E-state index contributed by atoms with van der Waals surface area (Å²) in [7, 11) is 0. The number of benzene rings is 6. The summed E-state index contributed by atoms with van der Waals surface area (Å²) >= 11 is 0. The summed E-state index contributed by atoms with van der Waals surface area (Å²) in [5.74, 6) is -0.354. The van der Waals surface area contributed by atoms with Gasteiger partial charge in [-0.3, -0.25) is 9.55 Å². The maximum absolute atomic E-state index is 11.4. The Morgan fingerprint density at radius 2 is 1.38 bits per heavy atom. The predicted molar refractivity (Wildman–Crippen MR) is 238 cm³/mol. The Bertz CT molecular complexity index is 3070. The summed E-state index contributed by atoms with van der Waals surface area (Å²) in [6.07, 6.45) is 1.59. The second-order valence-electron chi connectivity index (χ2n) is 16.9. The Morgan fingerprint density at radius 1 is 0.690 bits per heavy atom. The molecule has 2 heterocycles. The zero-order valence-corrected chi connectivity index (χ0v) is 36.3. The van der Waals surface area contributed by atoms with E-state index in [1.807, 2.05) is 56.3 Å². The molecule has 8 aromatic rings. The first kappa shape index (κ1) is 33.4. The molecule has 5 heteroatoms. The van der Waals surface area contributed by atoms with Gasteiger partial charge in [0.2, 0.25) is 0 Å². The minimum absolute atomic E-state index is 0. The first-order valence-corrected chi connectivity index (χ1v) is 19.3. The van der Waals surface area contributed by atoms with Crippen molar-refractivity contribution in [3.63, 3.8) is 0 Å². The van der Waals surface area contributed by atoms with Crippen molar-refractivity contribution in [3.05, 3.63) is 168 Å². The molecular weight excluding hydrogens is 890 g/mol. The molecule has 1 N–H and O–H groups in total. The van der Waals surface area contributed by atoms with Gasteiger partial charge in [-0.1, -0.05) is 157 Å². The van der Waals surface area contributed by atoms with Crippen molar-refractivity contribution in [1.29, 1.82) is 0 Å². The van der Waals surface area contributed by atoms with E-state index in [1.54, 1.807) is 30.5 Å². The zero-order valence-electron chi connectivity index (χ0n) is 40.1. The van der Waals surface area contributed by atoms with Gasteiger partial charge in [-0.05, 0) is 86.5 Å². The van der Waals surface area contributed by atoms with Crippen LogP contribution >= 0.6 is 0 Å². The molecule has 8 rings (SSSR count). The molecule has 6 aromatic carbocycles. The molecular formula is C53H50N3OPt-. The van der Waals surface area contributed by atoms with Crippen LogP contribution in [0.1, 0.15) is 86.2 Å². The maximum Gasteiger partial charge on any atom is 0.148 e. The van der Waals surface area contributed by atoms with Gasteiger partial charge in [0, 0.05) is 40.0 Å². The molecule has 2 aromatic heterocycles. The minimum atomic E-state index is -0.973. The first-order valence-electron chi connectivity index (χ1n) is 22.3. The van der Waals surface area contributed by atoms with Crippen LogP contribution in [-0.2, 0) is 31.9 Å². The second kappa shape index (κ2) is 16.0. The van der Waals surface area contributed by atoms with Crippen molar-refractivity contribution in [2.45, 2.75) is 72.1 Å². The Labute approximate surface area is 366 Å². The number of rotatable bonds is 7. The van der Waals surface area contributed by atoms with E-state index < -0.39 is 24.0 Å². The quantitative estimate of drug-likeness (QED) is 0.162. The van der Waals surface area contributed by atoms with E-state index in [0.29, 0.717) is 33.7 Å². The van der Waals surface area contributed by atoms with Gasteiger partial charge in [-0.2, -0.15) is 0 Å². The van der Waals surface area contributed by atoms with Crippen LogP contribution in [0.15, 0.2) is 146 Å². The van der Waals surface area contributed by atoms with Gasteiger partial charge in [0.1, 0.15) is 11.6 Å². The third-order valence-electron chi connectivity index (χ3n) is 10.5.